The molecule has 2 rings (SSSR count). The Morgan fingerprint density at radius 3 is 2.84 bits per heavy atom. The van der Waals surface area contributed by atoms with E-state index in [0.717, 1.165) is 5.76 Å². The second-order valence-corrected chi connectivity index (χ2v) is 5.95. The summed E-state index contributed by atoms with van der Waals surface area (Å²) in [7, 11) is 0. The quantitative estimate of drug-likeness (QED) is 0.862. The van der Waals surface area contributed by atoms with Crippen molar-refractivity contribution in [3.8, 4) is 0 Å². The van der Waals surface area contributed by atoms with Crippen LogP contribution in [0.15, 0.2) is 16.5 Å². The molecule has 0 spiro atoms. The third-order valence-corrected chi connectivity index (χ3v) is 2.97. The van der Waals surface area contributed by atoms with Crippen molar-refractivity contribution in [2.45, 2.75) is 32.4 Å². The van der Waals surface area contributed by atoms with Crippen LogP contribution in [0, 0.1) is 0 Å². The summed E-state index contributed by atoms with van der Waals surface area (Å²) in [6.07, 6.45) is -0.295. The molecule has 5 nitrogen and oxygen atoms in total. The van der Waals surface area contributed by atoms with Gasteiger partial charge in [-0.3, -0.25) is 0 Å². The van der Waals surface area contributed by atoms with Crippen LogP contribution in [0.1, 0.15) is 32.6 Å². The molecule has 0 bridgehead atoms. The average molecular weight is 287 g/mol. The molecule has 1 atom stereocenters. The maximum Gasteiger partial charge on any atom is 0.410 e. The van der Waals surface area contributed by atoms with Gasteiger partial charge in [0.1, 0.15) is 11.4 Å². The Bertz CT molecular complexity index is 453. The largest absolute Gasteiger partial charge is 0.448 e. The van der Waals surface area contributed by atoms with Gasteiger partial charge in [-0.15, -0.1) is 0 Å². The molecule has 0 saturated carbocycles. The standard InChI is InChI=1S/C13H19ClN2O3/c1-13(2,3)19-12(17)16-7-6-15-9(8-16)10-4-5-11(14)18-10/h4-5,9,15H,6-8H2,1-3H3. The summed E-state index contributed by atoms with van der Waals surface area (Å²) in [6, 6.07) is 3.47. The summed E-state index contributed by atoms with van der Waals surface area (Å²) in [6.45, 7) is 7.41. The molecule has 106 valence electrons. The van der Waals surface area contributed by atoms with E-state index < -0.39 is 5.60 Å². The van der Waals surface area contributed by atoms with Gasteiger partial charge in [0.2, 0.25) is 0 Å². The van der Waals surface area contributed by atoms with Crippen LogP contribution in [0.2, 0.25) is 5.22 Å². The number of furan rings is 1. The van der Waals surface area contributed by atoms with E-state index in [-0.39, 0.29) is 12.1 Å². The van der Waals surface area contributed by atoms with E-state index in [1.165, 1.54) is 0 Å². The van der Waals surface area contributed by atoms with Crippen molar-refractivity contribution in [1.82, 2.24) is 10.2 Å². The molecule has 1 amide bonds. The Morgan fingerprint density at radius 1 is 1.53 bits per heavy atom. The molecule has 6 heteroatoms. The number of carbonyl (C=O) groups is 1. The van der Waals surface area contributed by atoms with Crippen molar-refractivity contribution in [2.24, 2.45) is 0 Å². The van der Waals surface area contributed by atoms with Crippen LogP contribution in [0.25, 0.3) is 0 Å². The van der Waals surface area contributed by atoms with Gasteiger partial charge in [0.05, 0.1) is 6.04 Å². The van der Waals surface area contributed by atoms with Gasteiger partial charge in [-0.05, 0) is 44.5 Å². The van der Waals surface area contributed by atoms with Crippen LogP contribution in [-0.2, 0) is 4.74 Å². The zero-order valence-electron chi connectivity index (χ0n) is 11.4. The van der Waals surface area contributed by atoms with E-state index in [4.69, 9.17) is 20.8 Å². The smallest absolute Gasteiger partial charge is 0.410 e. The lowest BCUT2D eigenvalue weighted by molar-refractivity contribution is 0.0188. The number of rotatable bonds is 1. The predicted octanol–water partition coefficient (Wildman–Crippen LogP) is 2.81. The van der Waals surface area contributed by atoms with Gasteiger partial charge >= 0.3 is 6.09 Å². The SMILES string of the molecule is CC(C)(C)OC(=O)N1CCNC(c2ccc(Cl)o2)C1. The molecule has 1 aliphatic rings. The van der Waals surface area contributed by atoms with Crippen LogP contribution >= 0.6 is 11.6 Å². The number of nitrogens with one attached hydrogen (secondary N) is 1. The zero-order chi connectivity index (χ0) is 14.0. The second-order valence-electron chi connectivity index (χ2n) is 5.57. The van der Waals surface area contributed by atoms with Gasteiger partial charge in [0.15, 0.2) is 5.22 Å². The average Bonchev–Trinajstić information content (AvgIpc) is 2.74. The van der Waals surface area contributed by atoms with Gasteiger partial charge in [-0.2, -0.15) is 0 Å². The van der Waals surface area contributed by atoms with Crippen LogP contribution < -0.4 is 5.32 Å². The molecule has 0 aliphatic carbocycles. The number of nitrogens with zero attached hydrogens (tertiary/aromatic N) is 1. The van der Waals surface area contributed by atoms with E-state index in [9.17, 15) is 4.79 Å². The molecule has 0 radical (unpaired) electrons. The molecule has 2 heterocycles. The first-order valence-electron chi connectivity index (χ1n) is 6.32. The Kier molecular flexibility index (Phi) is 4.06. The Balaban J connectivity index is 1.99. The molecule has 1 unspecified atom stereocenters. The predicted molar refractivity (Wildman–Crippen MR) is 72.3 cm³/mol. The summed E-state index contributed by atoms with van der Waals surface area (Å²) in [4.78, 5) is 13.7. The highest BCUT2D eigenvalue weighted by atomic mass is 35.5. The van der Waals surface area contributed by atoms with Crippen molar-refractivity contribution in [2.75, 3.05) is 19.6 Å². The van der Waals surface area contributed by atoms with Gasteiger partial charge in [-0.1, -0.05) is 0 Å². The van der Waals surface area contributed by atoms with Crippen molar-refractivity contribution >= 4 is 17.7 Å². The summed E-state index contributed by atoms with van der Waals surface area (Å²) < 4.78 is 10.7. The first-order valence-corrected chi connectivity index (χ1v) is 6.69. The number of ether oxygens (including phenoxy) is 1. The third kappa shape index (κ3) is 3.88. The van der Waals surface area contributed by atoms with Gasteiger partial charge < -0.3 is 19.4 Å². The number of hydrogen-bond acceptors (Lipinski definition) is 4. The number of carbonyl (C=O) groups excluding carboxylic acids is 1. The summed E-state index contributed by atoms with van der Waals surface area (Å²) in [5.74, 6) is 0.734. The van der Waals surface area contributed by atoms with Crippen LogP contribution in [-0.4, -0.2) is 36.2 Å². The Morgan fingerprint density at radius 2 is 2.26 bits per heavy atom. The number of hydrogen-bond donors (Lipinski definition) is 1. The lowest BCUT2D eigenvalue weighted by Crippen LogP contribution is -2.49. The van der Waals surface area contributed by atoms with Crippen molar-refractivity contribution < 1.29 is 13.9 Å². The minimum Gasteiger partial charge on any atom is -0.448 e. The monoisotopic (exact) mass is 286 g/mol. The fraction of sp³-hybridized carbons (Fsp3) is 0.615. The second kappa shape index (κ2) is 5.43. The van der Waals surface area contributed by atoms with E-state index in [1.807, 2.05) is 26.8 Å². The van der Waals surface area contributed by atoms with Gasteiger partial charge in [-0.25, -0.2) is 4.79 Å². The fourth-order valence-corrected chi connectivity index (χ4v) is 2.10. The molecule has 1 saturated heterocycles. The maximum absolute atomic E-state index is 12.0. The number of amides is 1. The molecule has 1 aromatic rings. The van der Waals surface area contributed by atoms with Gasteiger partial charge in [0, 0.05) is 19.6 Å². The summed E-state index contributed by atoms with van der Waals surface area (Å²) >= 11 is 5.77. The highest BCUT2D eigenvalue weighted by Crippen LogP contribution is 2.23. The highest BCUT2D eigenvalue weighted by molar-refractivity contribution is 6.28. The molecular weight excluding hydrogens is 268 g/mol. The van der Waals surface area contributed by atoms with E-state index in [0.29, 0.717) is 24.9 Å². The Labute approximate surface area is 117 Å². The zero-order valence-corrected chi connectivity index (χ0v) is 12.2. The molecule has 0 aromatic carbocycles. The van der Waals surface area contributed by atoms with E-state index in [2.05, 4.69) is 5.32 Å². The number of halogens is 1. The topological polar surface area (TPSA) is 54.7 Å². The van der Waals surface area contributed by atoms with Crippen molar-refractivity contribution in [1.29, 1.82) is 0 Å². The Hall–Kier alpha value is -1.20. The fourth-order valence-electron chi connectivity index (χ4n) is 1.95. The highest BCUT2D eigenvalue weighted by Gasteiger charge is 2.29. The molecular formula is C13H19ClN2O3. The molecule has 1 aromatic heterocycles. The normalized spacial score (nSPS) is 20.4. The van der Waals surface area contributed by atoms with Crippen molar-refractivity contribution in [3.63, 3.8) is 0 Å². The first-order chi connectivity index (χ1) is 8.85. The molecule has 19 heavy (non-hydrogen) atoms. The molecule has 1 fully saturated rings. The number of piperazine rings is 1. The minimum absolute atomic E-state index is 0.0474. The van der Waals surface area contributed by atoms with E-state index in [1.54, 1.807) is 11.0 Å². The van der Waals surface area contributed by atoms with Gasteiger partial charge in [0.25, 0.3) is 0 Å². The van der Waals surface area contributed by atoms with E-state index >= 15 is 0 Å². The summed E-state index contributed by atoms with van der Waals surface area (Å²) in [5, 5.41) is 3.65. The maximum atomic E-state index is 12.0. The minimum atomic E-state index is -0.481. The van der Waals surface area contributed by atoms with Crippen LogP contribution in [0.3, 0.4) is 0 Å². The molecule has 1 N–H and O–H groups in total. The van der Waals surface area contributed by atoms with Crippen LogP contribution in [0.4, 0.5) is 4.79 Å². The summed E-state index contributed by atoms with van der Waals surface area (Å²) in [5.41, 5.74) is -0.481. The lowest BCUT2D eigenvalue weighted by Gasteiger charge is -2.34. The first kappa shape index (κ1) is 14.2. The lowest BCUT2D eigenvalue weighted by atomic mass is 10.1. The molecule has 1 aliphatic heterocycles. The third-order valence-electron chi connectivity index (χ3n) is 2.76. The van der Waals surface area contributed by atoms with Crippen LogP contribution in [0.5, 0.6) is 0 Å². The van der Waals surface area contributed by atoms with Crippen molar-refractivity contribution in [3.05, 3.63) is 23.1 Å².